The molecule has 4 heteroatoms. The summed E-state index contributed by atoms with van der Waals surface area (Å²) in [6.45, 7) is 2.07. The number of hydrogen-bond acceptors (Lipinski definition) is 3. The number of carbonyl (C=O) groups excluding carboxylic acids is 1. The molecule has 0 aliphatic heterocycles. The minimum absolute atomic E-state index is 0.0604. The van der Waals surface area contributed by atoms with Crippen LogP contribution in [0.2, 0.25) is 0 Å². The highest BCUT2D eigenvalue weighted by Gasteiger charge is 2.57. The van der Waals surface area contributed by atoms with Crippen molar-refractivity contribution in [3.8, 4) is 0 Å². The Hall–Kier alpha value is -0.900. The second-order valence-electron chi connectivity index (χ2n) is 6.86. The number of rotatable bonds is 1. The van der Waals surface area contributed by atoms with Gasteiger partial charge in [0, 0.05) is 11.8 Å². The zero-order valence-corrected chi connectivity index (χ0v) is 11.3. The van der Waals surface area contributed by atoms with Crippen LogP contribution in [0.5, 0.6) is 0 Å². The molecule has 4 unspecified atom stereocenters. The van der Waals surface area contributed by atoms with Gasteiger partial charge >= 0.3 is 5.97 Å². The summed E-state index contributed by atoms with van der Waals surface area (Å²) < 4.78 is 0. The van der Waals surface area contributed by atoms with Crippen LogP contribution in [-0.4, -0.2) is 28.1 Å². The summed E-state index contributed by atoms with van der Waals surface area (Å²) in [5.74, 6) is -0.406. The minimum atomic E-state index is -0.866. The Kier molecular flexibility index (Phi) is 2.97. The number of hydrogen-bond donors (Lipinski definition) is 2. The summed E-state index contributed by atoms with van der Waals surface area (Å²) in [6.07, 6.45) is 3.89. The first-order chi connectivity index (χ1) is 8.95. The molecule has 0 aromatic carbocycles. The lowest BCUT2D eigenvalue weighted by Gasteiger charge is -2.50. The molecule has 3 saturated carbocycles. The predicted octanol–water partition coefficient (Wildman–Crippen LogP) is 1.85. The molecule has 0 heterocycles. The molecule has 0 spiro atoms. The Morgan fingerprint density at radius 2 is 1.95 bits per heavy atom. The van der Waals surface area contributed by atoms with Gasteiger partial charge in [0.2, 0.25) is 0 Å². The van der Waals surface area contributed by atoms with Gasteiger partial charge in [-0.05, 0) is 49.9 Å². The second kappa shape index (κ2) is 4.30. The number of carbonyl (C=O) groups is 2. The fourth-order valence-corrected chi connectivity index (χ4v) is 5.12. The highest BCUT2D eigenvalue weighted by molar-refractivity contribution is 5.87. The molecule has 0 aromatic rings. The molecule has 0 bridgehead atoms. The Balaban J connectivity index is 1.90. The van der Waals surface area contributed by atoms with Gasteiger partial charge in [-0.15, -0.1) is 0 Å². The van der Waals surface area contributed by atoms with Crippen LogP contribution in [0.3, 0.4) is 0 Å². The molecule has 3 aliphatic rings. The van der Waals surface area contributed by atoms with Gasteiger partial charge in [0.1, 0.15) is 5.78 Å². The van der Waals surface area contributed by atoms with Gasteiger partial charge < -0.3 is 10.2 Å². The largest absolute Gasteiger partial charge is 0.481 e. The van der Waals surface area contributed by atoms with Crippen LogP contribution in [0.15, 0.2) is 0 Å². The quantitative estimate of drug-likeness (QED) is 0.759. The SMILES string of the molecule is CC12CCC3C(CC[C@H](O)[C@@H]3C(=O)O)C1CCC2=O. The molecule has 0 radical (unpaired) electrons. The van der Waals surface area contributed by atoms with Crippen molar-refractivity contribution in [1.82, 2.24) is 0 Å². The van der Waals surface area contributed by atoms with Gasteiger partial charge in [-0.2, -0.15) is 0 Å². The lowest BCUT2D eigenvalue weighted by Crippen LogP contribution is -2.51. The van der Waals surface area contributed by atoms with Gasteiger partial charge in [0.25, 0.3) is 0 Å². The first-order valence-electron chi connectivity index (χ1n) is 7.39. The van der Waals surface area contributed by atoms with Crippen molar-refractivity contribution in [1.29, 1.82) is 0 Å². The van der Waals surface area contributed by atoms with Crippen LogP contribution in [0.4, 0.5) is 0 Å². The standard InChI is InChI=1S/C15H22O4/c1-15-7-6-9-8(10(15)3-5-12(15)17)2-4-11(16)13(9)14(18)19/h8-11,13,16H,2-7H2,1H3,(H,18,19)/t8?,9?,10?,11-,13+,15?/m0/s1. The molecule has 3 fully saturated rings. The molecule has 3 rings (SSSR count). The van der Waals surface area contributed by atoms with Gasteiger partial charge in [-0.3, -0.25) is 9.59 Å². The van der Waals surface area contributed by atoms with E-state index in [4.69, 9.17) is 0 Å². The summed E-state index contributed by atoms with van der Waals surface area (Å²) in [6, 6.07) is 0. The average molecular weight is 266 g/mol. The highest BCUT2D eigenvalue weighted by atomic mass is 16.4. The third-order valence-electron chi connectivity index (χ3n) is 6.16. The lowest BCUT2D eigenvalue weighted by atomic mass is 9.54. The number of aliphatic carboxylic acids is 1. The van der Waals surface area contributed by atoms with Gasteiger partial charge in [0.15, 0.2) is 0 Å². The number of fused-ring (bicyclic) bond motifs is 3. The summed E-state index contributed by atoms with van der Waals surface area (Å²) in [7, 11) is 0. The van der Waals surface area contributed by atoms with E-state index in [9.17, 15) is 19.8 Å². The third kappa shape index (κ3) is 1.76. The second-order valence-corrected chi connectivity index (χ2v) is 6.86. The molecule has 0 aromatic heterocycles. The molecule has 3 aliphatic carbocycles. The molecule has 19 heavy (non-hydrogen) atoms. The molecule has 4 nitrogen and oxygen atoms in total. The van der Waals surface area contributed by atoms with Crippen molar-refractivity contribution in [3.05, 3.63) is 0 Å². The van der Waals surface area contributed by atoms with Crippen molar-refractivity contribution < 1.29 is 19.8 Å². The number of ketones is 1. The molecular formula is C15H22O4. The molecule has 0 saturated heterocycles. The molecule has 0 amide bonds. The smallest absolute Gasteiger partial charge is 0.309 e. The van der Waals surface area contributed by atoms with Crippen LogP contribution >= 0.6 is 0 Å². The topological polar surface area (TPSA) is 74.6 Å². The van der Waals surface area contributed by atoms with Crippen molar-refractivity contribution in [2.24, 2.45) is 29.1 Å². The number of aliphatic hydroxyl groups is 1. The summed E-state index contributed by atoms with van der Waals surface area (Å²) in [4.78, 5) is 23.5. The van der Waals surface area contributed by atoms with Gasteiger partial charge in [-0.1, -0.05) is 6.92 Å². The Morgan fingerprint density at radius 3 is 2.63 bits per heavy atom. The maximum atomic E-state index is 12.1. The first kappa shape index (κ1) is 13.1. The van der Waals surface area contributed by atoms with E-state index in [0.29, 0.717) is 30.5 Å². The Bertz CT molecular complexity index is 418. The zero-order valence-electron chi connectivity index (χ0n) is 11.3. The summed E-state index contributed by atoms with van der Waals surface area (Å²) in [5, 5.41) is 19.4. The number of Topliss-reactive ketones (excluding diaryl/α,β-unsaturated/α-hetero) is 1. The minimum Gasteiger partial charge on any atom is -0.481 e. The molecule has 6 atom stereocenters. The Morgan fingerprint density at radius 1 is 1.21 bits per heavy atom. The van der Waals surface area contributed by atoms with Crippen molar-refractivity contribution >= 4 is 11.8 Å². The predicted molar refractivity (Wildman–Crippen MR) is 68.4 cm³/mol. The van der Waals surface area contributed by atoms with Crippen LogP contribution < -0.4 is 0 Å². The molecule has 106 valence electrons. The van der Waals surface area contributed by atoms with Crippen LogP contribution in [0.1, 0.15) is 45.4 Å². The van der Waals surface area contributed by atoms with E-state index in [1.165, 1.54) is 0 Å². The maximum absolute atomic E-state index is 12.1. The average Bonchev–Trinajstić information content (AvgIpc) is 2.65. The highest BCUT2D eigenvalue weighted by Crippen LogP contribution is 2.58. The van der Waals surface area contributed by atoms with E-state index in [-0.39, 0.29) is 11.3 Å². The van der Waals surface area contributed by atoms with Gasteiger partial charge in [0.05, 0.1) is 12.0 Å². The first-order valence-corrected chi connectivity index (χ1v) is 7.39. The van der Waals surface area contributed by atoms with Crippen molar-refractivity contribution in [2.45, 2.75) is 51.6 Å². The molecule has 2 N–H and O–H groups in total. The fourth-order valence-electron chi connectivity index (χ4n) is 5.12. The normalized spacial score (nSPS) is 49.6. The zero-order chi connectivity index (χ0) is 13.8. The van der Waals surface area contributed by atoms with Crippen LogP contribution in [-0.2, 0) is 9.59 Å². The van der Waals surface area contributed by atoms with E-state index >= 15 is 0 Å². The molecular weight excluding hydrogens is 244 g/mol. The summed E-state index contributed by atoms with van der Waals surface area (Å²) in [5.41, 5.74) is -0.216. The maximum Gasteiger partial charge on any atom is 0.309 e. The van der Waals surface area contributed by atoms with Gasteiger partial charge in [-0.25, -0.2) is 0 Å². The third-order valence-corrected chi connectivity index (χ3v) is 6.16. The monoisotopic (exact) mass is 266 g/mol. The van der Waals surface area contributed by atoms with Crippen molar-refractivity contribution in [2.75, 3.05) is 0 Å². The number of carboxylic acid groups (broad SMARTS) is 1. The van der Waals surface area contributed by atoms with Crippen molar-refractivity contribution in [3.63, 3.8) is 0 Å². The Labute approximate surface area is 113 Å². The van der Waals surface area contributed by atoms with Crippen LogP contribution in [0, 0.1) is 29.1 Å². The van der Waals surface area contributed by atoms with E-state index in [1.54, 1.807) is 0 Å². The van der Waals surface area contributed by atoms with E-state index in [0.717, 1.165) is 25.7 Å². The number of aliphatic hydroxyl groups excluding tert-OH is 1. The van der Waals surface area contributed by atoms with E-state index in [2.05, 4.69) is 6.92 Å². The van der Waals surface area contributed by atoms with Crippen LogP contribution in [0.25, 0.3) is 0 Å². The lowest BCUT2D eigenvalue weighted by molar-refractivity contribution is -0.158. The number of carboxylic acids is 1. The van der Waals surface area contributed by atoms with E-state index < -0.39 is 18.0 Å². The van der Waals surface area contributed by atoms with E-state index in [1.807, 2.05) is 0 Å². The fraction of sp³-hybridized carbons (Fsp3) is 0.867. The summed E-state index contributed by atoms with van der Waals surface area (Å²) >= 11 is 0.